The van der Waals surface area contributed by atoms with Gasteiger partial charge >= 0.3 is 5.97 Å². The Balaban J connectivity index is 1.39. The summed E-state index contributed by atoms with van der Waals surface area (Å²) in [4.78, 5) is 22.1. The molecule has 1 saturated heterocycles. The number of ether oxygens (including phenoxy) is 1. The summed E-state index contributed by atoms with van der Waals surface area (Å²) in [6, 6.07) is 11.4. The topological polar surface area (TPSA) is 95.8 Å². The lowest BCUT2D eigenvalue weighted by atomic mass is 9.79. The van der Waals surface area contributed by atoms with Crippen molar-refractivity contribution in [1.82, 2.24) is 14.9 Å². The van der Waals surface area contributed by atoms with Crippen LogP contribution in [0.4, 0.5) is 0 Å². The molecular weight excluding hydrogens is 454 g/mol. The summed E-state index contributed by atoms with van der Waals surface area (Å²) < 4.78 is 5.36. The first-order valence-corrected chi connectivity index (χ1v) is 12.5. The van der Waals surface area contributed by atoms with E-state index in [1.54, 1.807) is 25.7 Å². The van der Waals surface area contributed by atoms with E-state index in [1.165, 1.54) is 0 Å². The van der Waals surface area contributed by atoms with Crippen LogP contribution in [0.15, 0.2) is 55.0 Å². The lowest BCUT2D eigenvalue weighted by Gasteiger charge is -2.38. The van der Waals surface area contributed by atoms with Gasteiger partial charge in [-0.05, 0) is 86.0 Å². The van der Waals surface area contributed by atoms with Crippen LogP contribution >= 0.6 is 0 Å². The van der Waals surface area contributed by atoms with E-state index in [2.05, 4.69) is 26.7 Å². The van der Waals surface area contributed by atoms with E-state index in [-0.39, 0.29) is 12.3 Å². The molecule has 1 aliphatic heterocycles. The second-order valence-corrected chi connectivity index (χ2v) is 9.40. The molecule has 7 nitrogen and oxygen atoms in total. The third-order valence-corrected chi connectivity index (χ3v) is 7.05. The summed E-state index contributed by atoms with van der Waals surface area (Å²) in [5.74, 6) is 6.98. The van der Waals surface area contributed by atoms with Crippen molar-refractivity contribution in [1.29, 1.82) is 0 Å². The zero-order valence-corrected chi connectivity index (χ0v) is 20.6. The normalized spacial score (nSPS) is 18.8. The minimum atomic E-state index is -0.764. The van der Waals surface area contributed by atoms with Gasteiger partial charge < -0.3 is 14.9 Å². The van der Waals surface area contributed by atoms with Gasteiger partial charge in [-0.25, -0.2) is 0 Å². The van der Waals surface area contributed by atoms with Crippen molar-refractivity contribution in [2.75, 3.05) is 26.7 Å². The molecule has 1 aromatic carbocycles. The zero-order valence-electron chi connectivity index (χ0n) is 20.6. The summed E-state index contributed by atoms with van der Waals surface area (Å²) in [5.41, 5.74) is 2.57. The molecular formula is C29H33N3O4. The van der Waals surface area contributed by atoms with Crippen molar-refractivity contribution in [3.8, 4) is 17.6 Å². The number of aromatic nitrogens is 2. The van der Waals surface area contributed by atoms with E-state index < -0.39 is 12.1 Å². The Morgan fingerprint density at radius 3 is 2.89 bits per heavy atom. The van der Waals surface area contributed by atoms with Crippen molar-refractivity contribution in [2.24, 2.45) is 11.8 Å². The molecule has 0 saturated carbocycles. The van der Waals surface area contributed by atoms with Crippen LogP contribution in [-0.2, 0) is 4.79 Å². The number of aliphatic carboxylic acids is 1. The molecule has 4 rings (SSSR count). The second kappa shape index (κ2) is 12.5. The Labute approximate surface area is 212 Å². The number of piperidine rings is 1. The third kappa shape index (κ3) is 6.81. The molecule has 1 fully saturated rings. The highest BCUT2D eigenvalue weighted by Gasteiger charge is 2.29. The van der Waals surface area contributed by atoms with Gasteiger partial charge in [0.25, 0.3) is 0 Å². The van der Waals surface area contributed by atoms with Crippen LogP contribution in [0.25, 0.3) is 10.9 Å². The van der Waals surface area contributed by atoms with Crippen LogP contribution in [0, 0.1) is 23.7 Å². The average Bonchev–Trinajstić information content (AvgIpc) is 2.91. The van der Waals surface area contributed by atoms with Crippen LogP contribution in [0.5, 0.6) is 5.75 Å². The molecule has 7 heteroatoms. The molecule has 1 aliphatic rings. The number of likely N-dealkylation sites (tertiary alicyclic amines) is 1. The Morgan fingerprint density at radius 1 is 1.22 bits per heavy atom. The van der Waals surface area contributed by atoms with Crippen LogP contribution in [0.2, 0.25) is 0 Å². The number of rotatable bonds is 9. The van der Waals surface area contributed by atoms with Crippen molar-refractivity contribution < 1.29 is 19.7 Å². The van der Waals surface area contributed by atoms with E-state index in [4.69, 9.17) is 4.74 Å². The number of pyridine rings is 2. The van der Waals surface area contributed by atoms with Crippen molar-refractivity contribution in [3.63, 3.8) is 0 Å². The van der Waals surface area contributed by atoms with Gasteiger partial charge in [-0.15, -0.1) is 0 Å². The Kier molecular flexibility index (Phi) is 8.88. The number of carboxylic acids is 1. The highest BCUT2D eigenvalue weighted by atomic mass is 16.5. The van der Waals surface area contributed by atoms with Crippen LogP contribution in [-0.4, -0.2) is 57.8 Å². The van der Waals surface area contributed by atoms with Gasteiger partial charge in [-0.1, -0.05) is 11.8 Å². The number of aliphatic hydroxyl groups excluding tert-OH is 1. The van der Waals surface area contributed by atoms with Crippen LogP contribution in [0.3, 0.4) is 0 Å². The van der Waals surface area contributed by atoms with E-state index >= 15 is 0 Å². The number of methoxy groups -OCH3 is 1. The predicted octanol–water partition coefficient (Wildman–Crippen LogP) is 4.31. The Bertz CT molecular complexity index is 1220. The molecule has 2 aromatic heterocycles. The van der Waals surface area contributed by atoms with Crippen molar-refractivity contribution >= 4 is 16.9 Å². The van der Waals surface area contributed by atoms with Crippen molar-refractivity contribution in [2.45, 2.75) is 38.2 Å². The van der Waals surface area contributed by atoms with Gasteiger partial charge in [0.1, 0.15) is 5.75 Å². The number of carboxylic acid groups (broad SMARTS) is 1. The predicted molar refractivity (Wildman–Crippen MR) is 139 cm³/mol. The van der Waals surface area contributed by atoms with Crippen LogP contribution < -0.4 is 4.74 Å². The fraction of sp³-hybridized carbons (Fsp3) is 0.414. The van der Waals surface area contributed by atoms with Gasteiger partial charge in [-0.3, -0.25) is 19.7 Å². The molecule has 188 valence electrons. The number of nitrogens with zero attached hydrogens (tertiary/aromatic N) is 3. The van der Waals surface area contributed by atoms with E-state index in [0.29, 0.717) is 25.3 Å². The molecule has 3 atom stereocenters. The fourth-order valence-corrected chi connectivity index (χ4v) is 5.10. The quantitative estimate of drug-likeness (QED) is 0.434. The Hall–Kier alpha value is -3.47. The molecule has 0 bridgehead atoms. The minimum Gasteiger partial charge on any atom is -0.497 e. The summed E-state index contributed by atoms with van der Waals surface area (Å²) >= 11 is 0. The third-order valence-electron chi connectivity index (χ3n) is 7.05. The van der Waals surface area contributed by atoms with Gasteiger partial charge in [0, 0.05) is 42.5 Å². The second-order valence-electron chi connectivity index (χ2n) is 9.40. The first-order chi connectivity index (χ1) is 17.5. The van der Waals surface area contributed by atoms with E-state index in [0.717, 1.165) is 53.7 Å². The maximum atomic E-state index is 11.3. The molecule has 36 heavy (non-hydrogen) atoms. The summed E-state index contributed by atoms with van der Waals surface area (Å²) in [6.07, 6.45) is 7.82. The molecule has 3 aromatic rings. The van der Waals surface area contributed by atoms with E-state index in [1.807, 2.05) is 36.4 Å². The lowest BCUT2D eigenvalue weighted by Crippen LogP contribution is -2.41. The summed E-state index contributed by atoms with van der Waals surface area (Å²) in [5, 5.41) is 21.3. The lowest BCUT2D eigenvalue weighted by molar-refractivity contribution is -0.137. The number of aliphatic hydroxyl groups is 1. The van der Waals surface area contributed by atoms with Gasteiger partial charge in [0.2, 0.25) is 0 Å². The molecule has 3 heterocycles. The number of benzene rings is 1. The number of hydrogen-bond acceptors (Lipinski definition) is 6. The maximum Gasteiger partial charge on any atom is 0.303 e. The summed E-state index contributed by atoms with van der Waals surface area (Å²) in [6.45, 7) is 2.39. The molecule has 0 radical (unpaired) electrons. The fourth-order valence-electron chi connectivity index (χ4n) is 5.10. The molecule has 0 spiro atoms. The molecule has 0 aliphatic carbocycles. The molecule has 2 unspecified atom stereocenters. The molecule has 0 amide bonds. The zero-order chi connectivity index (χ0) is 25.3. The van der Waals surface area contributed by atoms with Crippen LogP contribution in [0.1, 0.15) is 49.3 Å². The largest absolute Gasteiger partial charge is 0.497 e. The maximum absolute atomic E-state index is 11.3. The first kappa shape index (κ1) is 25.6. The van der Waals surface area contributed by atoms with Crippen molar-refractivity contribution in [3.05, 3.63) is 66.1 Å². The van der Waals surface area contributed by atoms with Gasteiger partial charge in [0.15, 0.2) is 0 Å². The highest BCUT2D eigenvalue weighted by molar-refractivity contribution is 5.83. The smallest absolute Gasteiger partial charge is 0.303 e. The minimum absolute atomic E-state index is 0.160. The monoisotopic (exact) mass is 487 g/mol. The van der Waals surface area contributed by atoms with Gasteiger partial charge in [0.05, 0.1) is 25.3 Å². The average molecular weight is 488 g/mol. The first-order valence-electron chi connectivity index (χ1n) is 12.5. The number of carbonyl (C=O) groups is 1. The van der Waals surface area contributed by atoms with Gasteiger partial charge in [-0.2, -0.15) is 0 Å². The summed E-state index contributed by atoms with van der Waals surface area (Å²) in [7, 11) is 1.63. The Morgan fingerprint density at radius 2 is 2.11 bits per heavy atom. The van der Waals surface area contributed by atoms with E-state index in [9.17, 15) is 15.0 Å². The SMILES string of the molecule is COc1ccc2nccc([C@@H](O)CCC3CCN(CC#Cc4cccnc4)CC3CCC(=O)O)c2c1. The highest BCUT2D eigenvalue weighted by Crippen LogP contribution is 2.35. The standard InChI is InChI=1S/C29H33N3O4/c1-36-24-8-9-27-26(18-24)25(12-15-31-27)28(33)10-6-22-13-17-32(20-23(22)7-11-29(34)35)16-3-5-21-4-2-14-30-19-21/h2,4,8-9,12,14-15,18-19,22-23,28,33H,6-7,10-11,13,16-17,20H2,1H3,(H,34,35)/t22?,23?,28-/m0/s1. The molecule has 2 N–H and O–H groups in total. The number of fused-ring (bicyclic) bond motifs is 1. The number of hydrogen-bond donors (Lipinski definition) is 2.